The molecule has 3 N–H and O–H groups in total. The minimum Gasteiger partial charge on any atom is -0.481 e. The van der Waals surface area contributed by atoms with E-state index in [1.807, 2.05) is 0 Å². The van der Waals surface area contributed by atoms with E-state index in [1.165, 1.54) is 18.2 Å². The molecule has 0 heterocycles. The molecule has 0 aliphatic carbocycles. The summed E-state index contributed by atoms with van der Waals surface area (Å²) >= 11 is 0. The predicted molar refractivity (Wildman–Crippen MR) is 64.8 cm³/mol. The lowest BCUT2D eigenvalue weighted by Gasteiger charge is -2.11. The van der Waals surface area contributed by atoms with Crippen LogP contribution in [0, 0.1) is 11.7 Å². The normalized spacial score (nSPS) is 11.7. The van der Waals surface area contributed by atoms with Crippen LogP contribution in [0.3, 0.4) is 0 Å². The third-order valence-electron chi connectivity index (χ3n) is 2.26. The topological polar surface area (TPSA) is 78.4 Å². The van der Waals surface area contributed by atoms with E-state index in [4.69, 9.17) is 5.11 Å². The van der Waals surface area contributed by atoms with E-state index in [1.54, 1.807) is 13.0 Å². The predicted octanol–water partition coefficient (Wildman–Crippen LogP) is 2.06. The van der Waals surface area contributed by atoms with Crippen molar-refractivity contribution in [3.63, 3.8) is 0 Å². The summed E-state index contributed by atoms with van der Waals surface area (Å²) in [5.74, 6) is -1.63. The number of carbonyl (C=O) groups excluding carboxylic acids is 1. The Bertz CT molecular complexity index is 437. The zero-order valence-corrected chi connectivity index (χ0v) is 9.94. The second-order valence-corrected chi connectivity index (χ2v) is 4.02. The Labute approximate surface area is 104 Å². The highest BCUT2D eigenvalue weighted by molar-refractivity contribution is 5.89. The van der Waals surface area contributed by atoms with Crippen molar-refractivity contribution in [1.82, 2.24) is 5.32 Å². The van der Waals surface area contributed by atoms with Crippen molar-refractivity contribution in [1.29, 1.82) is 0 Å². The standard InChI is InChI=1S/C12H15FN2O3/c1-8(6-11(16)17)7-14-12(18)15-10-5-3-2-4-9(10)13/h2-5,8H,6-7H2,1H3,(H,16,17)(H2,14,15,18). The highest BCUT2D eigenvalue weighted by atomic mass is 19.1. The van der Waals surface area contributed by atoms with Crippen LogP contribution in [0.4, 0.5) is 14.9 Å². The molecule has 98 valence electrons. The summed E-state index contributed by atoms with van der Waals surface area (Å²) in [5, 5.41) is 13.4. The molecule has 0 aromatic heterocycles. The molecule has 2 amide bonds. The number of carboxylic acids is 1. The Balaban J connectivity index is 2.39. The number of para-hydroxylation sites is 1. The van der Waals surface area contributed by atoms with Crippen LogP contribution < -0.4 is 10.6 Å². The minimum atomic E-state index is -0.918. The number of hydrogen-bond donors (Lipinski definition) is 3. The van der Waals surface area contributed by atoms with Crippen molar-refractivity contribution < 1.29 is 19.1 Å². The highest BCUT2D eigenvalue weighted by Gasteiger charge is 2.10. The smallest absolute Gasteiger partial charge is 0.319 e. The molecule has 1 unspecified atom stereocenters. The average Bonchev–Trinajstić information content (AvgIpc) is 2.29. The second kappa shape index (κ2) is 6.58. The molecule has 0 fully saturated rings. The Morgan fingerprint density at radius 3 is 2.67 bits per heavy atom. The molecular weight excluding hydrogens is 239 g/mol. The molecule has 0 spiro atoms. The Morgan fingerprint density at radius 1 is 1.39 bits per heavy atom. The number of hydrogen-bond acceptors (Lipinski definition) is 2. The molecule has 0 saturated carbocycles. The van der Waals surface area contributed by atoms with E-state index in [2.05, 4.69) is 10.6 Å². The van der Waals surface area contributed by atoms with Crippen molar-refractivity contribution in [2.24, 2.45) is 5.92 Å². The van der Waals surface area contributed by atoms with Gasteiger partial charge >= 0.3 is 12.0 Å². The van der Waals surface area contributed by atoms with Gasteiger partial charge in [0.05, 0.1) is 5.69 Å². The Hall–Kier alpha value is -2.11. The molecule has 0 aliphatic heterocycles. The van der Waals surface area contributed by atoms with E-state index < -0.39 is 17.8 Å². The zero-order chi connectivity index (χ0) is 13.5. The minimum absolute atomic E-state index is 0.0278. The van der Waals surface area contributed by atoms with E-state index in [0.29, 0.717) is 0 Å². The fourth-order valence-corrected chi connectivity index (χ4v) is 1.37. The van der Waals surface area contributed by atoms with Crippen LogP contribution in [0.2, 0.25) is 0 Å². The number of rotatable bonds is 5. The van der Waals surface area contributed by atoms with Gasteiger partial charge in [-0.05, 0) is 18.1 Å². The number of urea groups is 1. The van der Waals surface area contributed by atoms with Crippen LogP contribution in [0.15, 0.2) is 24.3 Å². The Kier molecular flexibility index (Phi) is 5.10. The van der Waals surface area contributed by atoms with Crippen LogP contribution in [0.1, 0.15) is 13.3 Å². The summed E-state index contributed by atoms with van der Waals surface area (Å²) in [6.07, 6.45) is -0.0278. The van der Waals surface area contributed by atoms with Crippen LogP contribution in [0.5, 0.6) is 0 Å². The number of aliphatic carboxylic acids is 1. The first-order valence-corrected chi connectivity index (χ1v) is 5.50. The number of nitrogens with one attached hydrogen (secondary N) is 2. The van der Waals surface area contributed by atoms with E-state index >= 15 is 0 Å². The average molecular weight is 254 g/mol. The number of carbonyl (C=O) groups is 2. The quantitative estimate of drug-likeness (QED) is 0.752. The van der Waals surface area contributed by atoms with Gasteiger partial charge < -0.3 is 15.7 Å². The fourth-order valence-electron chi connectivity index (χ4n) is 1.37. The van der Waals surface area contributed by atoms with Crippen LogP contribution >= 0.6 is 0 Å². The first-order valence-electron chi connectivity index (χ1n) is 5.50. The van der Waals surface area contributed by atoms with Gasteiger partial charge in [-0.2, -0.15) is 0 Å². The summed E-state index contributed by atoms with van der Waals surface area (Å²) in [6.45, 7) is 1.92. The van der Waals surface area contributed by atoms with Gasteiger partial charge in [-0.15, -0.1) is 0 Å². The van der Waals surface area contributed by atoms with Gasteiger partial charge in [0.2, 0.25) is 0 Å². The van der Waals surface area contributed by atoms with Crippen LogP contribution in [-0.4, -0.2) is 23.7 Å². The van der Waals surface area contributed by atoms with E-state index in [-0.39, 0.29) is 24.6 Å². The molecule has 18 heavy (non-hydrogen) atoms. The zero-order valence-electron chi connectivity index (χ0n) is 9.94. The third-order valence-corrected chi connectivity index (χ3v) is 2.26. The molecule has 1 aromatic carbocycles. The van der Waals surface area contributed by atoms with Crippen molar-refractivity contribution >= 4 is 17.7 Å². The van der Waals surface area contributed by atoms with Gasteiger partial charge in [0, 0.05) is 13.0 Å². The SMILES string of the molecule is CC(CNC(=O)Nc1ccccc1F)CC(=O)O. The number of benzene rings is 1. The lowest BCUT2D eigenvalue weighted by atomic mass is 10.1. The fraction of sp³-hybridized carbons (Fsp3) is 0.333. The lowest BCUT2D eigenvalue weighted by molar-refractivity contribution is -0.137. The molecule has 1 atom stereocenters. The second-order valence-electron chi connectivity index (χ2n) is 4.02. The number of anilines is 1. The van der Waals surface area contributed by atoms with Crippen molar-refractivity contribution in [2.75, 3.05) is 11.9 Å². The number of amides is 2. The van der Waals surface area contributed by atoms with E-state index in [0.717, 1.165) is 0 Å². The molecule has 6 heteroatoms. The highest BCUT2D eigenvalue weighted by Crippen LogP contribution is 2.11. The van der Waals surface area contributed by atoms with Gasteiger partial charge in [-0.1, -0.05) is 19.1 Å². The lowest BCUT2D eigenvalue weighted by Crippen LogP contribution is -2.33. The maximum Gasteiger partial charge on any atom is 0.319 e. The monoisotopic (exact) mass is 254 g/mol. The van der Waals surface area contributed by atoms with Crippen molar-refractivity contribution in [3.05, 3.63) is 30.1 Å². The molecular formula is C12H15FN2O3. The molecule has 0 bridgehead atoms. The maximum absolute atomic E-state index is 13.2. The van der Waals surface area contributed by atoms with Gasteiger partial charge in [0.1, 0.15) is 5.82 Å². The van der Waals surface area contributed by atoms with Crippen molar-refractivity contribution in [2.45, 2.75) is 13.3 Å². The number of halogens is 1. The summed E-state index contributed by atoms with van der Waals surface area (Å²) in [5.41, 5.74) is 0.0842. The largest absolute Gasteiger partial charge is 0.481 e. The molecule has 1 rings (SSSR count). The summed E-state index contributed by atoms with van der Waals surface area (Å²) < 4.78 is 13.2. The summed E-state index contributed by atoms with van der Waals surface area (Å²) in [7, 11) is 0. The van der Waals surface area contributed by atoms with Gasteiger partial charge in [0.25, 0.3) is 0 Å². The van der Waals surface area contributed by atoms with Crippen LogP contribution in [0.25, 0.3) is 0 Å². The van der Waals surface area contributed by atoms with Gasteiger partial charge in [-0.3, -0.25) is 4.79 Å². The molecule has 0 saturated heterocycles. The maximum atomic E-state index is 13.2. The summed E-state index contributed by atoms with van der Waals surface area (Å²) in [4.78, 5) is 21.8. The first-order chi connectivity index (χ1) is 8.49. The van der Waals surface area contributed by atoms with Gasteiger partial charge in [0.15, 0.2) is 0 Å². The Morgan fingerprint density at radius 2 is 2.06 bits per heavy atom. The molecule has 5 nitrogen and oxygen atoms in total. The number of carboxylic acid groups (broad SMARTS) is 1. The summed E-state index contributed by atoms with van der Waals surface area (Å²) in [6, 6.07) is 5.24. The molecule has 1 aromatic rings. The van der Waals surface area contributed by atoms with Crippen molar-refractivity contribution in [3.8, 4) is 0 Å². The first kappa shape index (κ1) is 14.0. The van der Waals surface area contributed by atoms with Gasteiger partial charge in [-0.25, -0.2) is 9.18 Å². The van der Waals surface area contributed by atoms with E-state index in [9.17, 15) is 14.0 Å². The molecule has 0 aliphatic rings. The third kappa shape index (κ3) is 4.82. The van der Waals surface area contributed by atoms with Crippen LogP contribution in [-0.2, 0) is 4.79 Å². The molecule has 0 radical (unpaired) electrons.